The maximum absolute atomic E-state index is 14.5. The van der Waals surface area contributed by atoms with E-state index in [4.69, 9.17) is 15.5 Å². The van der Waals surface area contributed by atoms with E-state index in [1.807, 2.05) is 65.0 Å². The molecule has 7 atom stereocenters. The highest BCUT2D eigenvalue weighted by Crippen LogP contribution is 2.43. The van der Waals surface area contributed by atoms with E-state index in [0.717, 1.165) is 30.2 Å². The van der Waals surface area contributed by atoms with Gasteiger partial charge in [0.25, 0.3) is 17.6 Å². The number of fused-ring (bicyclic) bond motifs is 1. The van der Waals surface area contributed by atoms with E-state index in [1.165, 1.54) is 18.6 Å². The highest BCUT2D eigenvalue weighted by atomic mass is 32.2. The third kappa shape index (κ3) is 12.3. The molecule has 2 unspecified atom stereocenters. The zero-order valence-corrected chi connectivity index (χ0v) is 35.7. The number of ketones is 1. The molecule has 1 aliphatic carbocycles. The molecule has 5 N–H and O–H groups in total. The van der Waals surface area contributed by atoms with Gasteiger partial charge in [-0.3, -0.25) is 33.9 Å². The predicted octanol–water partition coefficient (Wildman–Crippen LogP) is 3.46. The van der Waals surface area contributed by atoms with E-state index >= 15 is 0 Å². The second-order valence-electron chi connectivity index (χ2n) is 16.7. The van der Waals surface area contributed by atoms with E-state index in [1.54, 1.807) is 25.7 Å². The number of carbonyl (C=O) groups excluding carboxylic acids is 6. The van der Waals surface area contributed by atoms with Crippen molar-refractivity contribution in [2.45, 2.75) is 123 Å². The molecule has 1 saturated heterocycles. The second kappa shape index (κ2) is 20.7. The number of aromatic nitrogens is 2. The molecule has 4 rings (SSSR count). The first kappa shape index (κ1) is 45.8. The summed E-state index contributed by atoms with van der Waals surface area (Å²) in [4.78, 5) is 97.0. The average Bonchev–Trinajstić information content (AvgIpc) is 3.78. The largest absolute Gasteiger partial charge is 0.458 e. The predicted molar refractivity (Wildman–Crippen MR) is 222 cm³/mol. The van der Waals surface area contributed by atoms with E-state index in [2.05, 4.69) is 25.9 Å². The Morgan fingerprint density at radius 3 is 2.29 bits per heavy atom. The van der Waals surface area contributed by atoms with Crippen molar-refractivity contribution in [2.75, 3.05) is 12.3 Å². The summed E-state index contributed by atoms with van der Waals surface area (Å²) >= 11 is 1.11. The zero-order valence-electron chi connectivity index (χ0n) is 34.9. The number of amides is 4. The van der Waals surface area contributed by atoms with Crippen LogP contribution in [0.2, 0.25) is 0 Å². The zero-order chi connectivity index (χ0) is 42.7. The number of thioether (sulfide) groups is 1. The van der Waals surface area contributed by atoms with E-state index in [9.17, 15) is 28.8 Å². The lowest BCUT2D eigenvalue weighted by Crippen LogP contribution is -2.56. The van der Waals surface area contributed by atoms with Crippen molar-refractivity contribution in [1.29, 1.82) is 0 Å². The Morgan fingerprint density at radius 2 is 1.69 bits per heavy atom. The number of aliphatic imine (C=N–C) groups is 1. The van der Waals surface area contributed by atoms with Crippen LogP contribution >= 0.6 is 11.8 Å². The molecule has 2 fully saturated rings. The molecule has 1 aromatic carbocycles. The monoisotopic (exact) mass is 820 g/mol. The number of amidine groups is 1. The molecule has 0 bridgehead atoms. The minimum atomic E-state index is -1.28. The van der Waals surface area contributed by atoms with Crippen molar-refractivity contribution in [2.24, 2.45) is 34.4 Å². The summed E-state index contributed by atoms with van der Waals surface area (Å²) in [5.41, 5.74) is 6.57. The summed E-state index contributed by atoms with van der Waals surface area (Å²) in [6.45, 7) is 14.8. The number of benzene rings is 1. The van der Waals surface area contributed by atoms with Gasteiger partial charge in [0, 0.05) is 25.4 Å². The molecule has 1 aromatic heterocycles. The molecular formula is C42H60N8O7S. The van der Waals surface area contributed by atoms with Gasteiger partial charge in [0.05, 0.1) is 12.2 Å². The van der Waals surface area contributed by atoms with Gasteiger partial charge in [0.1, 0.15) is 40.6 Å². The summed E-state index contributed by atoms with van der Waals surface area (Å²) in [5.74, 6) is -4.16. The number of likely N-dealkylation sites (tertiary alicyclic amines) is 1. The van der Waals surface area contributed by atoms with Crippen molar-refractivity contribution in [3.8, 4) is 0 Å². The Hall–Kier alpha value is -4.86. The fourth-order valence-corrected chi connectivity index (χ4v) is 8.31. The summed E-state index contributed by atoms with van der Waals surface area (Å²) in [6.07, 6.45) is 7.40. The third-order valence-corrected chi connectivity index (χ3v) is 11.5. The van der Waals surface area contributed by atoms with Crippen LogP contribution in [0.3, 0.4) is 0 Å². The number of rotatable bonds is 18. The van der Waals surface area contributed by atoms with Crippen molar-refractivity contribution < 1.29 is 33.5 Å². The van der Waals surface area contributed by atoms with Crippen molar-refractivity contribution in [3.63, 3.8) is 0 Å². The molecule has 16 heteroatoms. The summed E-state index contributed by atoms with van der Waals surface area (Å²) in [7, 11) is 0. The van der Waals surface area contributed by atoms with Crippen LogP contribution in [0.1, 0.15) is 97.1 Å². The molecule has 58 heavy (non-hydrogen) atoms. The molecule has 4 amide bonds. The topological polar surface area (TPSA) is 215 Å². The van der Waals surface area contributed by atoms with Crippen LogP contribution in [0.4, 0.5) is 0 Å². The fraction of sp³-hybridized carbons (Fsp3) is 0.595. The lowest BCUT2D eigenvalue weighted by atomic mass is 9.93. The van der Waals surface area contributed by atoms with Crippen LogP contribution in [0.25, 0.3) is 0 Å². The first-order chi connectivity index (χ1) is 27.4. The number of esters is 1. The molecule has 0 spiro atoms. The first-order valence-corrected chi connectivity index (χ1v) is 21.2. The van der Waals surface area contributed by atoms with Crippen LogP contribution in [0, 0.1) is 23.7 Å². The molecular weight excluding hydrogens is 761 g/mol. The highest BCUT2D eigenvalue weighted by molar-refractivity contribution is 8.00. The molecule has 15 nitrogen and oxygen atoms in total. The third-order valence-electron chi connectivity index (χ3n) is 10.2. The van der Waals surface area contributed by atoms with Gasteiger partial charge in [-0.25, -0.2) is 9.78 Å². The smallest absolute Gasteiger partial charge is 0.329 e. The lowest BCUT2D eigenvalue weighted by Gasteiger charge is -2.32. The standard InChI is InChI=1S/C42H60N8O7S/c1-9-20-58-39(34(51)38(54)46-29(41(56)57-42(6,7)8)21-26-14-11-10-12-15-26)49-37(53)33-28-17-13-16-27(28)23-50(33)40(55)32(25(4)5)47-35(43)31(24(2)3)48-36(52)30-22-44-18-19-45-30/h10-12,14-15,18-19,22,24-25,27-29,31-33,39H,9,13,16-17,20-21,23H2,1-8H3,(H2,43,47)(H,46,54)(H,48,52)(H,49,53)/t27-,28-,29-,31-,32-,33?,39?/m0/s1. The number of nitrogens with zero attached hydrogens (tertiary/aromatic N) is 4. The molecule has 1 saturated carbocycles. The normalized spacial score (nSPS) is 20.1. The molecule has 2 aromatic rings. The number of Topliss-reactive ketones (excluding diaryl/α,β-unsaturated/α-hetero) is 1. The van der Waals surface area contributed by atoms with Gasteiger partial charge in [0.15, 0.2) is 0 Å². The minimum Gasteiger partial charge on any atom is -0.458 e. The number of hydrogen-bond acceptors (Lipinski definition) is 11. The van der Waals surface area contributed by atoms with Crippen molar-refractivity contribution in [3.05, 3.63) is 60.2 Å². The molecule has 316 valence electrons. The minimum absolute atomic E-state index is 0.0595. The van der Waals surface area contributed by atoms with E-state index in [0.29, 0.717) is 25.1 Å². The van der Waals surface area contributed by atoms with Gasteiger partial charge in [-0.2, -0.15) is 0 Å². The quantitative estimate of drug-likeness (QED) is 0.0562. The number of nitrogens with one attached hydrogen (secondary N) is 3. The number of carbonyl (C=O) groups is 6. The second-order valence-corrected chi connectivity index (χ2v) is 17.9. The molecule has 1 aliphatic heterocycles. The summed E-state index contributed by atoms with van der Waals surface area (Å²) < 4.78 is 5.59. The number of hydrogen-bond donors (Lipinski definition) is 4. The van der Waals surface area contributed by atoms with Crippen LogP contribution in [-0.4, -0.2) is 104 Å². The van der Waals surface area contributed by atoms with E-state index < -0.39 is 70.5 Å². The molecule has 2 aliphatic rings. The van der Waals surface area contributed by atoms with Crippen LogP contribution in [-0.2, 0) is 35.1 Å². The SMILES string of the molecule is CCCSC(NC(=O)C1[C@H]2CCC[C@H]2CN1C(=O)[C@@H](N=C(N)[C@@H](NC(=O)c1cnccn1)C(C)C)C(C)C)C(=O)C(=O)N[C@@H](Cc1ccccc1)C(=O)OC(C)(C)C. The van der Waals surface area contributed by atoms with Gasteiger partial charge >= 0.3 is 5.97 Å². The average molecular weight is 821 g/mol. The number of ether oxygens (including phenoxy) is 1. The van der Waals surface area contributed by atoms with Crippen molar-refractivity contribution >= 4 is 53.0 Å². The Balaban J connectivity index is 1.56. The fourth-order valence-electron chi connectivity index (χ4n) is 7.38. The van der Waals surface area contributed by atoms with Crippen LogP contribution < -0.4 is 21.7 Å². The van der Waals surface area contributed by atoms with Gasteiger partial charge in [-0.05, 0) is 75.0 Å². The maximum Gasteiger partial charge on any atom is 0.329 e. The maximum atomic E-state index is 14.5. The highest BCUT2D eigenvalue weighted by Gasteiger charge is 2.51. The first-order valence-electron chi connectivity index (χ1n) is 20.2. The van der Waals surface area contributed by atoms with Gasteiger partial charge in [-0.1, -0.05) is 71.4 Å². The Morgan fingerprint density at radius 1 is 0.983 bits per heavy atom. The summed E-state index contributed by atoms with van der Waals surface area (Å²) in [5, 5.41) is 7.00. The van der Waals surface area contributed by atoms with Gasteiger partial charge in [-0.15, -0.1) is 11.8 Å². The lowest BCUT2D eigenvalue weighted by molar-refractivity contribution is -0.159. The van der Waals surface area contributed by atoms with Gasteiger partial charge in [0.2, 0.25) is 11.8 Å². The summed E-state index contributed by atoms with van der Waals surface area (Å²) in [6, 6.07) is 5.29. The number of nitrogens with two attached hydrogens (primary N) is 1. The van der Waals surface area contributed by atoms with Crippen LogP contribution in [0.15, 0.2) is 53.9 Å². The molecule has 0 radical (unpaired) electrons. The van der Waals surface area contributed by atoms with Crippen LogP contribution in [0.5, 0.6) is 0 Å². The van der Waals surface area contributed by atoms with Crippen molar-refractivity contribution in [1.82, 2.24) is 30.8 Å². The Labute approximate surface area is 345 Å². The molecule has 2 heterocycles. The Bertz CT molecular complexity index is 1790. The van der Waals surface area contributed by atoms with E-state index in [-0.39, 0.29) is 41.6 Å². The van der Waals surface area contributed by atoms with Gasteiger partial charge < -0.3 is 31.3 Å². The Kier molecular flexibility index (Phi) is 16.4.